The van der Waals surface area contributed by atoms with Gasteiger partial charge < -0.3 is 4.74 Å². The van der Waals surface area contributed by atoms with Crippen molar-refractivity contribution >= 4 is 11.9 Å². The van der Waals surface area contributed by atoms with Crippen LogP contribution in [0.25, 0.3) is 5.65 Å². The number of hydrogen-bond donors (Lipinski definition) is 0. The van der Waals surface area contributed by atoms with Crippen LogP contribution in [0.1, 0.15) is 21.7 Å². The topological polar surface area (TPSA) is 56.5 Å². The third-order valence-electron chi connectivity index (χ3n) is 3.15. The van der Waals surface area contributed by atoms with Gasteiger partial charge in [-0.25, -0.2) is 0 Å². The Morgan fingerprint density at radius 2 is 1.95 bits per heavy atom. The van der Waals surface area contributed by atoms with Gasteiger partial charge in [0.2, 0.25) is 0 Å². The zero-order valence-electron chi connectivity index (χ0n) is 11.0. The van der Waals surface area contributed by atoms with Gasteiger partial charge in [0.25, 0.3) is 0 Å². The lowest BCUT2D eigenvalue weighted by atomic mass is 10.1. The number of pyridine rings is 1. The van der Waals surface area contributed by atoms with Crippen LogP contribution >= 0.6 is 0 Å². The molecule has 100 valence electrons. The minimum Gasteiger partial charge on any atom is -0.497 e. The predicted octanol–water partition coefficient (Wildman–Crippen LogP) is 2.14. The standard InChI is InChI=1S/C15H13N3O2/c1-20-13-5-2-11(3-6-13)8-15-17-16-14-7-4-12(10-19)9-18(14)15/h2-7,9-10H,8H2,1H3. The number of aldehydes is 1. The molecule has 3 rings (SSSR count). The van der Waals surface area contributed by atoms with Crippen molar-refractivity contribution in [3.05, 3.63) is 59.5 Å². The number of nitrogens with zero attached hydrogens (tertiary/aromatic N) is 3. The van der Waals surface area contributed by atoms with Crippen LogP contribution in [0, 0.1) is 0 Å². The molecule has 0 saturated carbocycles. The summed E-state index contributed by atoms with van der Waals surface area (Å²) in [6.07, 6.45) is 3.21. The molecular weight excluding hydrogens is 254 g/mol. The molecule has 0 unspecified atom stereocenters. The summed E-state index contributed by atoms with van der Waals surface area (Å²) in [4.78, 5) is 10.8. The molecule has 2 heterocycles. The van der Waals surface area contributed by atoms with E-state index in [0.29, 0.717) is 12.0 Å². The summed E-state index contributed by atoms with van der Waals surface area (Å²) in [6, 6.07) is 11.3. The van der Waals surface area contributed by atoms with Gasteiger partial charge in [-0.1, -0.05) is 12.1 Å². The maximum atomic E-state index is 10.8. The third-order valence-corrected chi connectivity index (χ3v) is 3.15. The summed E-state index contributed by atoms with van der Waals surface area (Å²) < 4.78 is 6.97. The second-order valence-corrected chi connectivity index (χ2v) is 4.45. The van der Waals surface area contributed by atoms with Crippen molar-refractivity contribution in [2.45, 2.75) is 6.42 Å². The number of fused-ring (bicyclic) bond motifs is 1. The van der Waals surface area contributed by atoms with Gasteiger partial charge in [-0.3, -0.25) is 9.20 Å². The summed E-state index contributed by atoms with van der Waals surface area (Å²) >= 11 is 0. The zero-order chi connectivity index (χ0) is 13.9. The van der Waals surface area contributed by atoms with Gasteiger partial charge in [0.05, 0.1) is 7.11 Å². The van der Waals surface area contributed by atoms with E-state index in [0.717, 1.165) is 29.1 Å². The number of aromatic nitrogens is 3. The van der Waals surface area contributed by atoms with Gasteiger partial charge in [0.1, 0.15) is 11.6 Å². The highest BCUT2D eigenvalue weighted by Crippen LogP contribution is 2.15. The molecule has 20 heavy (non-hydrogen) atoms. The van der Waals surface area contributed by atoms with Gasteiger partial charge in [-0.15, -0.1) is 10.2 Å². The van der Waals surface area contributed by atoms with Crippen molar-refractivity contribution in [1.82, 2.24) is 14.6 Å². The van der Waals surface area contributed by atoms with Crippen molar-refractivity contribution < 1.29 is 9.53 Å². The average molecular weight is 267 g/mol. The smallest absolute Gasteiger partial charge is 0.160 e. The number of ether oxygens (including phenoxy) is 1. The average Bonchev–Trinajstić information content (AvgIpc) is 2.90. The predicted molar refractivity (Wildman–Crippen MR) is 74.2 cm³/mol. The van der Waals surface area contributed by atoms with Crippen molar-refractivity contribution in [3.63, 3.8) is 0 Å². The zero-order valence-corrected chi connectivity index (χ0v) is 11.0. The Morgan fingerprint density at radius 1 is 1.15 bits per heavy atom. The Bertz CT molecular complexity index is 747. The molecule has 1 aromatic carbocycles. The molecule has 0 spiro atoms. The number of carbonyl (C=O) groups excluding carboxylic acids is 1. The number of carbonyl (C=O) groups is 1. The fraction of sp³-hybridized carbons (Fsp3) is 0.133. The Balaban J connectivity index is 1.94. The largest absolute Gasteiger partial charge is 0.497 e. The highest BCUT2D eigenvalue weighted by atomic mass is 16.5. The van der Waals surface area contributed by atoms with Crippen LogP contribution in [0.2, 0.25) is 0 Å². The van der Waals surface area contributed by atoms with Gasteiger partial charge in [-0.05, 0) is 29.8 Å². The highest BCUT2D eigenvalue weighted by molar-refractivity contribution is 5.74. The van der Waals surface area contributed by atoms with Crippen LogP contribution in [0.15, 0.2) is 42.6 Å². The van der Waals surface area contributed by atoms with E-state index >= 15 is 0 Å². The number of rotatable bonds is 4. The number of methoxy groups -OCH3 is 1. The monoisotopic (exact) mass is 267 g/mol. The first-order valence-electron chi connectivity index (χ1n) is 6.22. The van der Waals surface area contributed by atoms with E-state index < -0.39 is 0 Å². The highest BCUT2D eigenvalue weighted by Gasteiger charge is 2.07. The van der Waals surface area contributed by atoms with Crippen molar-refractivity contribution in [2.24, 2.45) is 0 Å². The lowest BCUT2D eigenvalue weighted by molar-refractivity contribution is 0.112. The van der Waals surface area contributed by atoms with Crippen molar-refractivity contribution in [1.29, 1.82) is 0 Å². The first-order chi connectivity index (χ1) is 9.80. The van der Waals surface area contributed by atoms with Gasteiger partial charge in [-0.2, -0.15) is 0 Å². The molecule has 0 bridgehead atoms. The van der Waals surface area contributed by atoms with E-state index in [-0.39, 0.29) is 0 Å². The Labute approximate surface area is 115 Å². The van der Waals surface area contributed by atoms with E-state index in [4.69, 9.17) is 4.74 Å². The maximum absolute atomic E-state index is 10.8. The quantitative estimate of drug-likeness (QED) is 0.680. The molecule has 5 heteroatoms. The Hall–Kier alpha value is -2.69. The second-order valence-electron chi connectivity index (χ2n) is 4.45. The van der Waals surface area contributed by atoms with E-state index in [2.05, 4.69) is 10.2 Å². The van der Waals surface area contributed by atoms with Gasteiger partial charge in [0, 0.05) is 18.2 Å². The van der Waals surface area contributed by atoms with Crippen molar-refractivity contribution in [3.8, 4) is 5.75 Å². The summed E-state index contributed by atoms with van der Waals surface area (Å²) in [5.41, 5.74) is 2.45. The SMILES string of the molecule is COc1ccc(Cc2nnc3ccc(C=O)cn23)cc1. The van der Waals surface area contributed by atoms with Crippen LogP contribution in [0.3, 0.4) is 0 Å². The molecule has 0 aliphatic rings. The van der Waals surface area contributed by atoms with Crippen LogP contribution < -0.4 is 4.74 Å². The van der Waals surface area contributed by atoms with E-state index in [1.165, 1.54) is 0 Å². The van der Waals surface area contributed by atoms with E-state index in [9.17, 15) is 4.79 Å². The number of benzene rings is 1. The molecule has 0 amide bonds. The van der Waals surface area contributed by atoms with Crippen LogP contribution in [0.5, 0.6) is 5.75 Å². The van der Waals surface area contributed by atoms with Gasteiger partial charge >= 0.3 is 0 Å². The molecule has 0 N–H and O–H groups in total. The molecule has 0 fully saturated rings. The molecule has 5 nitrogen and oxygen atoms in total. The molecule has 3 aromatic rings. The lowest BCUT2D eigenvalue weighted by Gasteiger charge is -2.03. The summed E-state index contributed by atoms with van der Waals surface area (Å²) in [5.74, 6) is 1.62. The molecule has 2 aromatic heterocycles. The Kier molecular flexibility index (Phi) is 3.16. The normalized spacial score (nSPS) is 10.7. The minimum atomic E-state index is 0.605. The molecule has 0 aliphatic heterocycles. The molecular formula is C15H13N3O2. The molecule has 0 atom stereocenters. The maximum Gasteiger partial charge on any atom is 0.160 e. The van der Waals surface area contributed by atoms with Crippen molar-refractivity contribution in [2.75, 3.05) is 7.11 Å². The minimum absolute atomic E-state index is 0.605. The van der Waals surface area contributed by atoms with Crippen LogP contribution in [-0.2, 0) is 6.42 Å². The second kappa shape index (κ2) is 5.13. The molecule has 0 radical (unpaired) electrons. The summed E-state index contributed by atoms with van der Waals surface area (Å²) in [6.45, 7) is 0. The summed E-state index contributed by atoms with van der Waals surface area (Å²) in [5, 5.41) is 8.27. The fourth-order valence-electron chi connectivity index (χ4n) is 2.07. The number of hydrogen-bond acceptors (Lipinski definition) is 4. The fourth-order valence-corrected chi connectivity index (χ4v) is 2.07. The first-order valence-corrected chi connectivity index (χ1v) is 6.22. The molecule has 0 saturated heterocycles. The Morgan fingerprint density at radius 3 is 2.65 bits per heavy atom. The summed E-state index contributed by atoms with van der Waals surface area (Å²) in [7, 11) is 1.64. The third kappa shape index (κ3) is 2.25. The van der Waals surface area contributed by atoms with E-state index in [1.807, 2.05) is 28.7 Å². The van der Waals surface area contributed by atoms with E-state index in [1.54, 1.807) is 25.4 Å². The lowest BCUT2D eigenvalue weighted by Crippen LogP contribution is -1.97. The van der Waals surface area contributed by atoms with Crippen LogP contribution in [0.4, 0.5) is 0 Å². The van der Waals surface area contributed by atoms with Gasteiger partial charge in [0.15, 0.2) is 11.9 Å². The van der Waals surface area contributed by atoms with Crippen LogP contribution in [-0.4, -0.2) is 28.0 Å². The first kappa shape index (κ1) is 12.3. The molecule has 0 aliphatic carbocycles.